The molecule has 6 nitrogen and oxygen atoms in total. The molecule has 1 aromatic carbocycles. The zero-order chi connectivity index (χ0) is 18.5. The molecule has 7 heteroatoms. The Labute approximate surface area is 147 Å². The number of nitrogens with one attached hydrogen (secondary N) is 1. The van der Waals surface area contributed by atoms with Crippen LogP contribution in [0.3, 0.4) is 0 Å². The van der Waals surface area contributed by atoms with Gasteiger partial charge < -0.3 is 19.5 Å². The number of hydrogen-bond donors (Lipinski definition) is 1. The van der Waals surface area contributed by atoms with Crippen LogP contribution in [0, 0.1) is 6.92 Å². The molecule has 0 aliphatic carbocycles. The quantitative estimate of drug-likeness (QED) is 0.813. The standard InChI is InChI=1S/C17H24ClNO5/c1-10-7-12(8-13(14(10)18)15(20)22-6)23-9-11(2)19-16(21)24-17(3,4)5/h7-8,11H,9H2,1-6H3,(H,19,21). The average molecular weight is 358 g/mol. The topological polar surface area (TPSA) is 73.9 Å². The lowest BCUT2D eigenvalue weighted by molar-refractivity contribution is 0.0493. The van der Waals surface area contributed by atoms with E-state index in [0.717, 1.165) is 0 Å². The van der Waals surface area contributed by atoms with Crippen LogP contribution in [-0.4, -0.2) is 37.4 Å². The van der Waals surface area contributed by atoms with Crippen molar-refractivity contribution in [2.45, 2.75) is 46.3 Å². The van der Waals surface area contributed by atoms with Crippen LogP contribution in [-0.2, 0) is 9.47 Å². The van der Waals surface area contributed by atoms with Gasteiger partial charge in [0.1, 0.15) is 18.0 Å². The minimum absolute atomic E-state index is 0.209. The number of halogens is 1. The van der Waals surface area contributed by atoms with Crippen molar-refractivity contribution in [2.24, 2.45) is 0 Å². The van der Waals surface area contributed by atoms with Crippen LogP contribution in [0.1, 0.15) is 43.6 Å². The van der Waals surface area contributed by atoms with Crippen LogP contribution < -0.4 is 10.1 Å². The van der Waals surface area contributed by atoms with Crippen molar-refractivity contribution in [3.63, 3.8) is 0 Å². The summed E-state index contributed by atoms with van der Waals surface area (Å²) in [5.74, 6) is -0.0661. The van der Waals surface area contributed by atoms with Crippen molar-refractivity contribution in [2.75, 3.05) is 13.7 Å². The van der Waals surface area contributed by atoms with Gasteiger partial charge in [0.15, 0.2) is 0 Å². The first kappa shape index (κ1) is 20.1. The maximum absolute atomic E-state index is 11.7. The molecule has 0 aromatic heterocycles. The van der Waals surface area contributed by atoms with Gasteiger partial charge in [-0.1, -0.05) is 11.6 Å². The normalized spacial score (nSPS) is 12.3. The Morgan fingerprint density at radius 3 is 2.46 bits per heavy atom. The molecule has 0 aliphatic rings. The van der Waals surface area contributed by atoms with Crippen LogP contribution >= 0.6 is 11.6 Å². The van der Waals surface area contributed by atoms with E-state index in [1.165, 1.54) is 13.2 Å². The van der Waals surface area contributed by atoms with Crippen LogP contribution in [0.25, 0.3) is 0 Å². The first-order chi connectivity index (χ1) is 11.0. The zero-order valence-corrected chi connectivity index (χ0v) is 15.6. The van der Waals surface area contributed by atoms with Gasteiger partial charge in [-0.05, 0) is 52.3 Å². The molecule has 0 fully saturated rings. The van der Waals surface area contributed by atoms with Gasteiger partial charge in [-0.15, -0.1) is 0 Å². The Kier molecular flexibility index (Phi) is 6.90. The highest BCUT2D eigenvalue weighted by Crippen LogP contribution is 2.27. The largest absolute Gasteiger partial charge is 0.491 e. The van der Waals surface area contributed by atoms with Crippen LogP contribution in [0.2, 0.25) is 5.02 Å². The number of esters is 1. The molecule has 1 amide bonds. The van der Waals surface area contributed by atoms with E-state index in [2.05, 4.69) is 5.32 Å². The van der Waals surface area contributed by atoms with Crippen molar-refractivity contribution < 1.29 is 23.8 Å². The van der Waals surface area contributed by atoms with E-state index in [9.17, 15) is 9.59 Å². The predicted molar refractivity (Wildman–Crippen MR) is 91.9 cm³/mol. The summed E-state index contributed by atoms with van der Waals surface area (Å²) in [6, 6.07) is 2.95. The van der Waals surface area contributed by atoms with Gasteiger partial charge >= 0.3 is 12.1 Å². The third-order valence-corrected chi connectivity index (χ3v) is 3.40. The number of methoxy groups -OCH3 is 1. The highest BCUT2D eigenvalue weighted by Gasteiger charge is 2.19. The highest BCUT2D eigenvalue weighted by molar-refractivity contribution is 6.34. The van der Waals surface area contributed by atoms with Gasteiger partial charge in [-0.25, -0.2) is 9.59 Å². The molecule has 1 unspecified atom stereocenters. The van der Waals surface area contributed by atoms with Crippen LogP contribution in [0.15, 0.2) is 12.1 Å². The molecule has 0 heterocycles. The van der Waals surface area contributed by atoms with Crippen molar-refractivity contribution in [1.82, 2.24) is 5.32 Å². The van der Waals surface area contributed by atoms with Crippen molar-refractivity contribution >= 4 is 23.7 Å². The molecule has 0 spiro atoms. The second-order valence-electron chi connectivity index (χ2n) is 6.45. The Morgan fingerprint density at radius 1 is 1.29 bits per heavy atom. The molecule has 1 atom stereocenters. The van der Waals surface area contributed by atoms with E-state index >= 15 is 0 Å². The second-order valence-corrected chi connectivity index (χ2v) is 6.83. The van der Waals surface area contributed by atoms with Gasteiger partial charge in [-0.3, -0.25) is 0 Å². The van der Waals surface area contributed by atoms with E-state index in [0.29, 0.717) is 16.3 Å². The highest BCUT2D eigenvalue weighted by atomic mass is 35.5. The number of alkyl carbamates (subject to hydrolysis) is 1. The summed E-state index contributed by atoms with van der Waals surface area (Å²) in [4.78, 5) is 23.4. The zero-order valence-electron chi connectivity index (χ0n) is 14.9. The third kappa shape index (κ3) is 6.28. The number of amides is 1. The number of ether oxygens (including phenoxy) is 3. The number of rotatable bonds is 5. The van der Waals surface area contributed by atoms with Gasteiger partial charge in [0.25, 0.3) is 0 Å². The lowest BCUT2D eigenvalue weighted by Gasteiger charge is -2.22. The van der Waals surface area contributed by atoms with Gasteiger partial charge in [0.05, 0.1) is 23.7 Å². The first-order valence-corrected chi connectivity index (χ1v) is 7.92. The fraction of sp³-hybridized carbons (Fsp3) is 0.529. The molecule has 134 valence electrons. The SMILES string of the molecule is COC(=O)c1cc(OCC(C)NC(=O)OC(C)(C)C)cc(C)c1Cl. The van der Waals surface area contributed by atoms with Crippen LogP contribution in [0.5, 0.6) is 5.75 Å². The average Bonchev–Trinajstić information content (AvgIpc) is 2.45. The number of carbonyl (C=O) groups is 2. The Bertz CT molecular complexity index is 610. The maximum Gasteiger partial charge on any atom is 0.407 e. The lowest BCUT2D eigenvalue weighted by atomic mass is 10.1. The summed E-state index contributed by atoms with van der Waals surface area (Å²) in [7, 11) is 1.29. The predicted octanol–water partition coefficient (Wildman–Crippen LogP) is 3.73. The van der Waals surface area contributed by atoms with E-state index in [4.69, 9.17) is 25.8 Å². The fourth-order valence-electron chi connectivity index (χ4n) is 1.85. The Morgan fingerprint density at radius 2 is 1.92 bits per heavy atom. The Hall–Kier alpha value is -1.95. The summed E-state index contributed by atoms with van der Waals surface area (Å²) in [6.07, 6.45) is -0.513. The molecule has 0 aliphatic heterocycles. The molecule has 0 bridgehead atoms. The summed E-state index contributed by atoms with van der Waals surface area (Å²) >= 11 is 6.10. The molecule has 0 saturated heterocycles. The Balaban J connectivity index is 2.69. The lowest BCUT2D eigenvalue weighted by Crippen LogP contribution is -2.40. The van der Waals surface area contributed by atoms with Gasteiger partial charge in [-0.2, -0.15) is 0 Å². The molecular weight excluding hydrogens is 334 g/mol. The van der Waals surface area contributed by atoms with E-state index in [1.54, 1.807) is 40.7 Å². The number of benzene rings is 1. The molecule has 1 aromatic rings. The molecule has 1 rings (SSSR count). The molecule has 0 saturated carbocycles. The minimum atomic E-state index is -0.562. The van der Waals surface area contributed by atoms with E-state index in [-0.39, 0.29) is 18.2 Å². The third-order valence-electron chi connectivity index (χ3n) is 2.90. The number of carbonyl (C=O) groups excluding carboxylic acids is 2. The minimum Gasteiger partial charge on any atom is -0.491 e. The van der Waals surface area contributed by atoms with Crippen LogP contribution in [0.4, 0.5) is 4.79 Å². The number of aryl methyl sites for hydroxylation is 1. The summed E-state index contributed by atoms with van der Waals surface area (Å²) in [6.45, 7) is 9.13. The maximum atomic E-state index is 11.7. The molecular formula is C17H24ClNO5. The van der Waals surface area contributed by atoms with E-state index in [1.807, 2.05) is 0 Å². The van der Waals surface area contributed by atoms with E-state index < -0.39 is 17.7 Å². The van der Waals surface area contributed by atoms with Crippen molar-refractivity contribution in [1.29, 1.82) is 0 Å². The second kappa shape index (κ2) is 8.24. The van der Waals surface area contributed by atoms with Crippen molar-refractivity contribution in [3.05, 3.63) is 28.3 Å². The number of hydrogen-bond acceptors (Lipinski definition) is 5. The van der Waals surface area contributed by atoms with Gasteiger partial charge in [0, 0.05) is 0 Å². The van der Waals surface area contributed by atoms with Crippen molar-refractivity contribution in [3.8, 4) is 5.75 Å². The monoisotopic (exact) mass is 357 g/mol. The molecule has 1 N–H and O–H groups in total. The molecule has 0 radical (unpaired) electrons. The molecule has 24 heavy (non-hydrogen) atoms. The first-order valence-electron chi connectivity index (χ1n) is 7.54. The van der Waals surface area contributed by atoms with Gasteiger partial charge in [0.2, 0.25) is 0 Å². The summed E-state index contributed by atoms with van der Waals surface area (Å²) < 4.78 is 15.5. The smallest absolute Gasteiger partial charge is 0.407 e. The summed E-state index contributed by atoms with van der Waals surface area (Å²) in [5.41, 5.74) is 0.372. The fourth-order valence-corrected chi connectivity index (χ4v) is 2.04. The summed E-state index contributed by atoms with van der Waals surface area (Å²) in [5, 5.41) is 3.01.